The van der Waals surface area contributed by atoms with E-state index >= 15 is 0 Å². The highest BCUT2D eigenvalue weighted by molar-refractivity contribution is 6.02. The van der Waals surface area contributed by atoms with Gasteiger partial charge < -0.3 is 24.7 Å². The summed E-state index contributed by atoms with van der Waals surface area (Å²) in [7, 11) is 0. The number of rotatable bonds is 6. The summed E-state index contributed by atoms with van der Waals surface area (Å²) in [6.45, 7) is 4.51. The zero-order chi connectivity index (χ0) is 21.8. The van der Waals surface area contributed by atoms with Crippen LogP contribution in [0.4, 0.5) is 0 Å². The van der Waals surface area contributed by atoms with Crippen LogP contribution >= 0.6 is 0 Å². The van der Waals surface area contributed by atoms with Crippen LogP contribution in [-0.4, -0.2) is 69.3 Å². The lowest BCUT2D eigenvalue weighted by Crippen LogP contribution is -2.50. The van der Waals surface area contributed by atoms with Crippen molar-refractivity contribution >= 4 is 11.6 Å². The molecule has 0 saturated carbocycles. The minimum atomic E-state index is -0.724. The largest absolute Gasteiger partial charge is 0.394 e. The third-order valence-corrected chi connectivity index (χ3v) is 5.30. The van der Waals surface area contributed by atoms with Crippen molar-refractivity contribution in [3.05, 3.63) is 53.4 Å². The number of carbonyl (C=O) groups is 1. The number of hydrogen-bond donors (Lipinski definition) is 2. The van der Waals surface area contributed by atoms with E-state index in [1.54, 1.807) is 25.4 Å². The predicted octanol–water partition coefficient (Wildman–Crippen LogP) is 0.769. The van der Waals surface area contributed by atoms with Gasteiger partial charge in [0.25, 0.3) is 5.91 Å². The van der Waals surface area contributed by atoms with Gasteiger partial charge in [0, 0.05) is 25.4 Å². The van der Waals surface area contributed by atoms with Gasteiger partial charge >= 0.3 is 0 Å². The second-order valence-electron chi connectivity index (χ2n) is 7.80. The molecule has 2 aliphatic rings. The lowest BCUT2D eigenvalue weighted by atomic mass is 9.91. The molecule has 2 N–H and O–H groups in total. The second-order valence-corrected chi connectivity index (χ2v) is 7.80. The number of aliphatic hydroxyl groups excluding tert-OH is 1. The molecule has 2 aromatic heterocycles. The minimum Gasteiger partial charge on any atom is -0.394 e. The molecule has 0 spiro atoms. The lowest BCUT2D eigenvalue weighted by molar-refractivity contribution is -0.208. The summed E-state index contributed by atoms with van der Waals surface area (Å²) in [6, 6.07) is 5.28. The van der Waals surface area contributed by atoms with Crippen LogP contribution in [0.2, 0.25) is 0 Å². The molecule has 10 nitrogen and oxygen atoms in total. The number of aryl methyl sites for hydroxylation is 1. The number of oxime groups is 1. The Morgan fingerprint density at radius 2 is 2.06 bits per heavy atom. The van der Waals surface area contributed by atoms with E-state index in [9.17, 15) is 9.90 Å². The van der Waals surface area contributed by atoms with E-state index in [0.29, 0.717) is 43.4 Å². The van der Waals surface area contributed by atoms with Crippen LogP contribution < -0.4 is 5.32 Å². The minimum absolute atomic E-state index is 0.0851. The zero-order valence-electron chi connectivity index (χ0n) is 17.4. The predicted molar refractivity (Wildman–Crippen MR) is 109 cm³/mol. The molecule has 0 bridgehead atoms. The fraction of sp³-hybridized carbons (Fsp3) is 0.476. The van der Waals surface area contributed by atoms with Crippen LogP contribution in [0.5, 0.6) is 0 Å². The lowest BCUT2D eigenvalue weighted by Gasteiger charge is -2.36. The van der Waals surface area contributed by atoms with Gasteiger partial charge in [0.2, 0.25) is 0 Å². The molecule has 164 valence electrons. The molecule has 31 heavy (non-hydrogen) atoms. The van der Waals surface area contributed by atoms with Crippen molar-refractivity contribution in [3.63, 3.8) is 0 Å². The normalized spacial score (nSPS) is 25.6. The van der Waals surface area contributed by atoms with Crippen molar-refractivity contribution in [3.8, 4) is 0 Å². The first-order valence-electron chi connectivity index (χ1n) is 10.1. The highest BCUT2D eigenvalue weighted by atomic mass is 16.7. The van der Waals surface area contributed by atoms with Crippen molar-refractivity contribution in [1.29, 1.82) is 0 Å². The molecule has 3 atom stereocenters. The maximum atomic E-state index is 12.6. The number of carbonyl (C=O) groups excluding carboxylic acids is 1. The Morgan fingerprint density at radius 3 is 2.77 bits per heavy atom. The highest BCUT2D eigenvalue weighted by Gasteiger charge is 2.45. The smallest absolute Gasteiger partial charge is 0.270 e. The Labute approximate surface area is 179 Å². The van der Waals surface area contributed by atoms with Crippen LogP contribution in [0.1, 0.15) is 40.9 Å². The Bertz CT molecular complexity index is 962. The van der Waals surface area contributed by atoms with Gasteiger partial charge in [-0.05, 0) is 37.6 Å². The number of aromatic nitrogens is 3. The van der Waals surface area contributed by atoms with Crippen LogP contribution in [0, 0.1) is 6.92 Å². The number of aliphatic hydroxyl groups is 1. The van der Waals surface area contributed by atoms with Gasteiger partial charge in [-0.25, -0.2) is 9.97 Å². The topological polar surface area (TPSA) is 128 Å². The Morgan fingerprint density at radius 1 is 1.26 bits per heavy atom. The molecular formula is C21H25N5O5. The molecule has 0 unspecified atom stereocenters. The van der Waals surface area contributed by atoms with Crippen LogP contribution in [-0.2, 0) is 20.9 Å². The van der Waals surface area contributed by atoms with Gasteiger partial charge in [-0.3, -0.25) is 9.78 Å². The maximum Gasteiger partial charge on any atom is 0.270 e. The molecule has 0 aromatic carbocycles. The Hall–Kier alpha value is -2.95. The van der Waals surface area contributed by atoms with E-state index in [-0.39, 0.29) is 30.4 Å². The number of pyridine rings is 1. The average Bonchev–Trinajstić information content (AvgIpc) is 3.21. The molecule has 2 aliphatic heterocycles. The molecule has 1 fully saturated rings. The van der Waals surface area contributed by atoms with E-state index in [1.807, 2.05) is 19.1 Å². The number of nitrogens with zero attached hydrogens (tertiary/aromatic N) is 4. The summed E-state index contributed by atoms with van der Waals surface area (Å²) in [5.41, 5.74) is 1.63. The quantitative estimate of drug-likeness (QED) is 0.692. The van der Waals surface area contributed by atoms with E-state index < -0.39 is 5.60 Å². The van der Waals surface area contributed by atoms with Gasteiger partial charge in [-0.15, -0.1) is 0 Å². The molecule has 1 saturated heterocycles. The monoisotopic (exact) mass is 427 g/mol. The zero-order valence-corrected chi connectivity index (χ0v) is 17.4. The maximum absolute atomic E-state index is 12.6. The number of hydrogen-bond acceptors (Lipinski definition) is 9. The van der Waals surface area contributed by atoms with Crippen LogP contribution in [0.3, 0.4) is 0 Å². The SMILES string of the molecule is Cc1nc(C(=O)NCc2ccncc2)cc(C2=NO[C@](C)([C@H]3CO[C@H](CO)CO3)C2)n1. The van der Waals surface area contributed by atoms with E-state index in [4.69, 9.17) is 14.3 Å². The molecule has 10 heteroatoms. The van der Waals surface area contributed by atoms with Gasteiger partial charge in [0.1, 0.15) is 29.4 Å². The van der Waals surface area contributed by atoms with E-state index in [1.165, 1.54) is 0 Å². The van der Waals surface area contributed by atoms with Gasteiger partial charge in [0.05, 0.1) is 25.5 Å². The summed E-state index contributed by atoms with van der Waals surface area (Å²) >= 11 is 0. The number of ether oxygens (including phenoxy) is 2. The molecule has 0 aliphatic carbocycles. The first kappa shape index (κ1) is 21.3. The molecule has 1 amide bonds. The van der Waals surface area contributed by atoms with Crippen molar-refractivity contribution in [2.45, 2.75) is 44.6 Å². The summed E-state index contributed by atoms with van der Waals surface area (Å²) in [5, 5.41) is 16.3. The van der Waals surface area contributed by atoms with Crippen LogP contribution in [0.15, 0.2) is 35.7 Å². The first-order chi connectivity index (χ1) is 15.0. The Balaban J connectivity index is 1.43. The average molecular weight is 427 g/mol. The van der Waals surface area contributed by atoms with Gasteiger partial charge in [-0.2, -0.15) is 0 Å². The van der Waals surface area contributed by atoms with Crippen LogP contribution in [0.25, 0.3) is 0 Å². The molecule has 4 rings (SSSR count). The standard InChI is InChI=1S/C21H25N5O5/c1-13-24-16(7-17(25-13)20(28)23-9-14-3-5-22-6-4-14)18-8-21(2,31-26-18)19-12-29-15(10-27)11-30-19/h3-7,15,19,27H,8-12H2,1-2H3,(H,23,28)/t15-,19-,21+/m1/s1. The van der Waals surface area contributed by atoms with Crippen molar-refractivity contribution in [2.75, 3.05) is 19.8 Å². The van der Waals surface area contributed by atoms with Crippen molar-refractivity contribution in [2.24, 2.45) is 5.16 Å². The number of nitrogens with one attached hydrogen (secondary N) is 1. The summed E-state index contributed by atoms with van der Waals surface area (Å²) in [5.74, 6) is 0.163. The van der Waals surface area contributed by atoms with E-state index in [2.05, 4.69) is 25.4 Å². The molecule has 4 heterocycles. The summed E-state index contributed by atoms with van der Waals surface area (Å²) in [4.78, 5) is 31.0. The Kier molecular flexibility index (Phi) is 6.21. The highest BCUT2D eigenvalue weighted by Crippen LogP contribution is 2.32. The molecule has 2 aromatic rings. The third-order valence-electron chi connectivity index (χ3n) is 5.30. The fourth-order valence-corrected chi connectivity index (χ4v) is 3.47. The molecular weight excluding hydrogens is 402 g/mol. The van der Waals surface area contributed by atoms with Gasteiger partial charge in [-0.1, -0.05) is 5.16 Å². The van der Waals surface area contributed by atoms with Crippen molar-refractivity contribution < 1.29 is 24.2 Å². The second kappa shape index (κ2) is 9.04. The molecule has 0 radical (unpaired) electrons. The first-order valence-corrected chi connectivity index (χ1v) is 10.1. The van der Waals surface area contributed by atoms with E-state index in [0.717, 1.165) is 5.56 Å². The van der Waals surface area contributed by atoms with Crippen molar-refractivity contribution in [1.82, 2.24) is 20.3 Å². The number of amides is 1. The third kappa shape index (κ3) is 4.87. The fourth-order valence-electron chi connectivity index (χ4n) is 3.47. The van der Waals surface area contributed by atoms with Gasteiger partial charge in [0.15, 0.2) is 5.60 Å². The summed E-state index contributed by atoms with van der Waals surface area (Å²) < 4.78 is 11.4. The summed E-state index contributed by atoms with van der Waals surface area (Å²) in [6.07, 6.45) is 3.14.